The van der Waals surface area contributed by atoms with E-state index in [4.69, 9.17) is 5.73 Å². The Bertz CT molecular complexity index is 698. The van der Waals surface area contributed by atoms with E-state index in [1.165, 1.54) is 6.26 Å². The van der Waals surface area contributed by atoms with Crippen molar-refractivity contribution in [1.29, 1.82) is 0 Å². The van der Waals surface area contributed by atoms with Crippen molar-refractivity contribution in [2.45, 2.75) is 13.0 Å². The van der Waals surface area contributed by atoms with E-state index in [1.807, 2.05) is 19.1 Å². The predicted molar refractivity (Wildman–Crippen MR) is 79.0 cm³/mol. The molecule has 0 saturated heterocycles. The number of nitrogens with two attached hydrogens (primary N) is 1. The first kappa shape index (κ1) is 13.6. The highest BCUT2D eigenvalue weighted by molar-refractivity contribution is 7.90. The van der Waals surface area contributed by atoms with Gasteiger partial charge in [-0.2, -0.15) is 0 Å². The van der Waals surface area contributed by atoms with E-state index in [9.17, 15) is 8.42 Å². The van der Waals surface area contributed by atoms with Crippen LogP contribution in [0.25, 0.3) is 10.8 Å². The van der Waals surface area contributed by atoms with Gasteiger partial charge in [-0.05, 0) is 25.1 Å². The number of benzene rings is 1. The number of fused-ring (bicyclic) bond motifs is 1. The lowest BCUT2D eigenvalue weighted by Crippen LogP contribution is -2.25. The molecular formula is C13H17N3O2S. The van der Waals surface area contributed by atoms with Gasteiger partial charge in [0.2, 0.25) is 0 Å². The van der Waals surface area contributed by atoms with Crippen LogP contribution >= 0.6 is 0 Å². The van der Waals surface area contributed by atoms with Crippen LogP contribution in [0.3, 0.4) is 0 Å². The molecule has 2 rings (SSSR count). The zero-order valence-electron chi connectivity index (χ0n) is 10.9. The third-order valence-corrected chi connectivity index (χ3v) is 3.91. The Morgan fingerprint density at radius 3 is 2.74 bits per heavy atom. The minimum Gasteiger partial charge on any atom is -0.398 e. The zero-order valence-corrected chi connectivity index (χ0v) is 11.7. The van der Waals surface area contributed by atoms with E-state index in [-0.39, 0.29) is 11.8 Å². The average molecular weight is 279 g/mol. The number of rotatable bonds is 4. The summed E-state index contributed by atoms with van der Waals surface area (Å²) >= 11 is 0. The summed E-state index contributed by atoms with van der Waals surface area (Å²) in [7, 11) is -3.01. The summed E-state index contributed by atoms with van der Waals surface area (Å²) in [5.74, 6) is 0.0825. The van der Waals surface area contributed by atoms with Gasteiger partial charge in [-0.25, -0.2) is 8.42 Å². The Balaban J connectivity index is 2.34. The standard InChI is InChI=1S/C13H17N3O2S/c1-9(8-19(2,17)18)16-13-4-3-12(14)10-5-6-15-7-11(10)13/h3-7,9,16H,8,14H2,1-2H3. The molecule has 1 atom stereocenters. The van der Waals surface area contributed by atoms with Gasteiger partial charge < -0.3 is 11.1 Å². The van der Waals surface area contributed by atoms with Crippen molar-refractivity contribution in [2.75, 3.05) is 23.1 Å². The second-order valence-electron chi connectivity index (χ2n) is 4.76. The quantitative estimate of drug-likeness (QED) is 0.831. The highest BCUT2D eigenvalue weighted by Crippen LogP contribution is 2.27. The first-order valence-corrected chi connectivity index (χ1v) is 7.99. The predicted octanol–water partition coefficient (Wildman–Crippen LogP) is 1.66. The molecule has 0 aliphatic carbocycles. The summed E-state index contributed by atoms with van der Waals surface area (Å²) in [5.41, 5.74) is 7.43. The molecule has 0 radical (unpaired) electrons. The van der Waals surface area contributed by atoms with Gasteiger partial charge in [0.1, 0.15) is 9.84 Å². The van der Waals surface area contributed by atoms with E-state index in [1.54, 1.807) is 18.5 Å². The van der Waals surface area contributed by atoms with Gasteiger partial charge in [0.05, 0.1) is 5.75 Å². The van der Waals surface area contributed by atoms with Crippen molar-refractivity contribution < 1.29 is 8.42 Å². The van der Waals surface area contributed by atoms with Crippen LogP contribution in [0.1, 0.15) is 6.92 Å². The number of aromatic nitrogens is 1. The summed E-state index contributed by atoms with van der Waals surface area (Å²) < 4.78 is 22.6. The monoisotopic (exact) mass is 279 g/mol. The maximum absolute atomic E-state index is 11.3. The normalized spacial score (nSPS) is 13.4. The molecule has 102 valence electrons. The van der Waals surface area contributed by atoms with Gasteiger partial charge in [0, 0.05) is 46.8 Å². The molecule has 0 bridgehead atoms. The lowest BCUT2D eigenvalue weighted by Gasteiger charge is -2.16. The average Bonchev–Trinajstić information content (AvgIpc) is 2.31. The Hall–Kier alpha value is -1.82. The highest BCUT2D eigenvalue weighted by Gasteiger charge is 2.12. The number of sulfone groups is 1. The number of hydrogen-bond donors (Lipinski definition) is 2. The molecule has 0 fully saturated rings. The molecule has 19 heavy (non-hydrogen) atoms. The molecule has 1 unspecified atom stereocenters. The molecular weight excluding hydrogens is 262 g/mol. The summed E-state index contributed by atoms with van der Waals surface area (Å²) in [4.78, 5) is 4.08. The minimum atomic E-state index is -3.01. The molecule has 0 aliphatic heterocycles. The first-order valence-electron chi connectivity index (χ1n) is 5.93. The van der Waals surface area contributed by atoms with E-state index < -0.39 is 9.84 Å². The zero-order chi connectivity index (χ0) is 14.0. The van der Waals surface area contributed by atoms with E-state index in [0.29, 0.717) is 5.69 Å². The van der Waals surface area contributed by atoms with Gasteiger partial charge in [0.25, 0.3) is 0 Å². The maximum atomic E-state index is 11.3. The van der Waals surface area contributed by atoms with E-state index >= 15 is 0 Å². The first-order chi connectivity index (χ1) is 8.87. The summed E-state index contributed by atoms with van der Waals surface area (Å²) in [5, 5.41) is 4.99. The smallest absolute Gasteiger partial charge is 0.149 e. The van der Waals surface area contributed by atoms with Crippen molar-refractivity contribution in [3.8, 4) is 0 Å². The third kappa shape index (κ3) is 3.35. The minimum absolute atomic E-state index is 0.0825. The molecule has 2 aromatic rings. The fourth-order valence-electron chi connectivity index (χ4n) is 2.10. The van der Waals surface area contributed by atoms with Crippen LogP contribution in [0.2, 0.25) is 0 Å². The Morgan fingerprint density at radius 1 is 1.32 bits per heavy atom. The fraction of sp³-hybridized carbons (Fsp3) is 0.308. The van der Waals surface area contributed by atoms with Crippen molar-refractivity contribution >= 4 is 32.0 Å². The number of nitrogens with one attached hydrogen (secondary N) is 1. The maximum Gasteiger partial charge on any atom is 0.149 e. The van der Waals surface area contributed by atoms with Gasteiger partial charge in [0.15, 0.2) is 0 Å². The Kier molecular flexibility index (Phi) is 3.61. The number of nitrogens with zero attached hydrogens (tertiary/aromatic N) is 1. The molecule has 6 heteroatoms. The van der Waals surface area contributed by atoms with Crippen molar-refractivity contribution in [3.63, 3.8) is 0 Å². The molecule has 1 heterocycles. The van der Waals surface area contributed by atoms with Gasteiger partial charge >= 0.3 is 0 Å². The van der Waals surface area contributed by atoms with Crippen molar-refractivity contribution in [1.82, 2.24) is 4.98 Å². The largest absolute Gasteiger partial charge is 0.398 e. The van der Waals surface area contributed by atoms with E-state index in [0.717, 1.165) is 16.5 Å². The molecule has 5 nitrogen and oxygen atoms in total. The lowest BCUT2D eigenvalue weighted by molar-refractivity contribution is 0.598. The second kappa shape index (κ2) is 5.05. The van der Waals surface area contributed by atoms with Crippen LogP contribution in [0, 0.1) is 0 Å². The number of pyridine rings is 1. The number of nitrogen functional groups attached to an aromatic ring is 1. The van der Waals surface area contributed by atoms with Crippen LogP contribution in [-0.2, 0) is 9.84 Å². The van der Waals surface area contributed by atoms with Crippen LogP contribution < -0.4 is 11.1 Å². The number of hydrogen-bond acceptors (Lipinski definition) is 5. The van der Waals surface area contributed by atoms with Gasteiger partial charge in [-0.3, -0.25) is 4.98 Å². The molecule has 0 amide bonds. The summed E-state index contributed by atoms with van der Waals surface area (Å²) in [6, 6.07) is 5.31. The molecule has 3 N–H and O–H groups in total. The van der Waals surface area contributed by atoms with Crippen LogP contribution in [0.5, 0.6) is 0 Å². The second-order valence-corrected chi connectivity index (χ2v) is 6.95. The Morgan fingerprint density at radius 2 is 2.05 bits per heavy atom. The number of anilines is 2. The fourth-order valence-corrected chi connectivity index (χ4v) is 3.09. The third-order valence-electron chi connectivity index (χ3n) is 2.81. The topological polar surface area (TPSA) is 85.1 Å². The molecule has 0 spiro atoms. The highest BCUT2D eigenvalue weighted by atomic mass is 32.2. The van der Waals surface area contributed by atoms with Gasteiger partial charge in [-0.15, -0.1) is 0 Å². The van der Waals surface area contributed by atoms with Crippen molar-refractivity contribution in [2.24, 2.45) is 0 Å². The summed E-state index contributed by atoms with van der Waals surface area (Å²) in [6.45, 7) is 1.83. The van der Waals surface area contributed by atoms with Crippen molar-refractivity contribution in [3.05, 3.63) is 30.6 Å². The molecule has 1 aromatic carbocycles. The van der Waals surface area contributed by atoms with Crippen LogP contribution in [0.15, 0.2) is 30.6 Å². The Labute approximate surface area is 112 Å². The lowest BCUT2D eigenvalue weighted by atomic mass is 10.1. The van der Waals surface area contributed by atoms with E-state index in [2.05, 4.69) is 10.3 Å². The SMILES string of the molecule is CC(CS(C)(=O)=O)Nc1ccc(N)c2ccncc12. The van der Waals surface area contributed by atoms with Crippen LogP contribution in [-0.4, -0.2) is 31.5 Å². The van der Waals surface area contributed by atoms with Gasteiger partial charge in [-0.1, -0.05) is 0 Å². The molecule has 0 aliphatic rings. The molecule has 0 saturated carbocycles. The molecule has 1 aromatic heterocycles. The van der Waals surface area contributed by atoms with Crippen LogP contribution in [0.4, 0.5) is 11.4 Å². The summed E-state index contributed by atoms with van der Waals surface area (Å²) in [6.07, 6.45) is 4.64.